The third-order valence-electron chi connectivity index (χ3n) is 4.69. The summed E-state index contributed by atoms with van der Waals surface area (Å²) in [6.45, 7) is 2.07. The van der Waals surface area contributed by atoms with Crippen LogP contribution in [0.15, 0.2) is 54.7 Å². The summed E-state index contributed by atoms with van der Waals surface area (Å²) in [7, 11) is 1.70. The number of aromatic nitrogens is 2. The van der Waals surface area contributed by atoms with Crippen LogP contribution in [0.4, 0.5) is 5.69 Å². The molecule has 1 aliphatic heterocycles. The van der Waals surface area contributed by atoms with E-state index in [2.05, 4.69) is 4.98 Å². The highest BCUT2D eigenvalue weighted by Gasteiger charge is 2.27. The molecular weight excluding hydrogens is 344 g/mol. The SMILES string of the molecule is CN(C(=O)c1nc(C(=O)N2CCOCC2)n2ccccc12)c1ccccc1. The second kappa shape index (κ2) is 7.20. The number of carbonyl (C=O) groups is 2. The Hall–Kier alpha value is -3.19. The van der Waals surface area contributed by atoms with E-state index in [0.717, 1.165) is 5.69 Å². The Labute approximate surface area is 156 Å². The summed E-state index contributed by atoms with van der Waals surface area (Å²) in [5, 5.41) is 0. The molecule has 1 fully saturated rings. The Kier molecular flexibility index (Phi) is 4.60. The second-order valence-electron chi connectivity index (χ2n) is 6.34. The molecule has 3 aromatic rings. The van der Waals surface area contributed by atoms with Crippen molar-refractivity contribution in [2.45, 2.75) is 0 Å². The fourth-order valence-corrected chi connectivity index (χ4v) is 3.18. The molecular formula is C20H20N4O3. The van der Waals surface area contributed by atoms with Crippen LogP contribution >= 0.6 is 0 Å². The Bertz CT molecular complexity index is 977. The van der Waals surface area contributed by atoms with E-state index in [1.54, 1.807) is 33.5 Å². The average molecular weight is 364 g/mol. The Balaban J connectivity index is 1.73. The summed E-state index contributed by atoms with van der Waals surface area (Å²) >= 11 is 0. The Morgan fingerprint density at radius 1 is 1.04 bits per heavy atom. The monoisotopic (exact) mass is 364 g/mol. The lowest BCUT2D eigenvalue weighted by molar-refractivity contribution is 0.0294. The van der Waals surface area contributed by atoms with Gasteiger partial charge in [-0.05, 0) is 24.3 Å². The average Bonchev–Trinajstić information content (AvgIpc) is 3.13. The zero-order valence-corrected chi connectivity index (χ0v) is 15.0. The predicted octanol–water partition coefficient (Wildman–Crippen LogP) is 2.08. The van der Waals surface area contributed by atoms with Gasteiger partial charge >= 0.3 is 0 Å². The highest BCUT2D eigenvalue weighted by atomic mass is 16.5. The minimum absolute atomic E-state index is 0.194. The van der Waals surface area contributed by atoms with Gasteiger partial charge in [-0.2, -0.15) is 0 Å². The first-order chi connectivity index (χ1) is 13.2. The lowest BCUT2D eigenvalue weighted by Gasteiger charge is -2.26. The number of fused-ring (bicyclic) bond motifs is 1. The van der Waals surface area contributed by atoms with Crippen LogP contribution in [-0.2, 0) is 4.74 Å². The molecule has 3 heterocycles. The molecule has 0 aliphatic carbocycles. The number of para-hydroxylation sites is 1. The van der Waals surface area contributed by atoms with Gasteiger partial charge in [0.1, 0.15) is 0 Å². The standard InChI is InChI=1S/C20H20N4O3/c1-22(15-7-3-2-4-8-15)19(25)17-16-9-5-6-10-24(16)18(21-17)20(26)23-11-13-27-14-12-23/h2-10H,11-14H2,1H3. The number of carbonyl (C=O) groups excluding carboxylic acids is 2. The number of rotatable bonds is 3. The van der Waals surface area contributed by atoms with Gasteiger partial charge in [0.2, 0.25) is 5.82 Å². The summed E-state index contributed by atoms with van der Waals surface area (Å²) in [6.07, 6.45) is 1.76. The molecule has 0 bridgehead atoms. The number of hydrogen-bond acceptors (Lipinski definition) is 4. The number of anilines is 1. The van der Waals surface area contributed by atoms with Crippen molar-refractivity contribution in [3.63, 3.8) is 0 Å². The van der Waals surface area contributed by atoms with Crippen LogP contribution in [0.5, 0.6) is 0 Å². The van der Waals surface area contributed by atoms with E-state index in [-0.39, 0.29) is 23.3 Å². The number of hydrogen-bond donors (Lipinski definition) is 0. The first-order valence-corrected chi connectivity index (χ1v) is 8.84. The lowest BCUT2D eigenvalue weighted by Crippen LogP contribution is -2.41. The maximum absolute atomic E-state index is 13.1. The van der Waals surface area contributed by atoms with Crippen molar-refractivity contribution in [2.75, 3.05) is 38.3 Å². The van der Waals surface area contributed by atoms with E-state index in [1.165, 1.54) is 0 Å². The van der Waals surface area contributed by atoms with E-state index in [9.17, 15) is 9.59 Å². The second-order valence-corrected chi connectivity index (χ2v) is 6.34. The molecule has 4 rings (SSSR count). The molecule has 0 N–H and O–H groups in total. The van der Waals surface area contributed by atoms with E-state index in [4.69, 9.17) is 4.74 Å². The van der Waals surface area contributed by atoms with Crippen molar-refractivity contribution >= 4 is 23.0 Å². The van der Waals surface area contributed by atoms with E-state index >= 15 is 0 Å². The normalized spacial score (nSPS) is 14.3. The van der Waals surface area contributed by atoms with Crippen molar-refractivity contribution in [2.24, 2.45) is 0 Å². The van der Waals surface area contributed by atoms with Crippen LogP contribution in [0.2, 0.25) is 0 Å². The number of pyridine rings is 1. The van der Waals surface area contributed by atoms with Crippen molar-refractivity contribution in [1.82, 2.24) is 14.3 Å². The Morgan fingerprint density at radius 2 is 1.74 bits per heavy atom. The summed E-state index contributed by atoms with van der Waals surface area (Å²) in [5.74, 6) is -0.204. The third kappa shape index (κ3) is 3.17. The molecule has 27 heavy (non-hydrogen) atoms. The van der Waals surface area contributed by atoms with E-state index in [1.807, 2.05) is 42.5 Å². The number of nitrogens with zero attached hydrogens (tertiary/aromatic N) is 4. The van der Waals surface area contributed by atoms with Crippen LogP contribution in [0.3, 0.4) is 0 Å². The quantitative estimate of drug-likeness (QED) is 0.714. The molecule has 2 aromatic heterocycles. The first kappa shape index (κ1) is 17.2. The molecule has 2 amide bonds. The third-order valence-corrected chi connectivity index (χ3v) is 4.69. The maximum Gasteiger partial charge on any atom is 0.290 e. The smallest absolute Gasteiger partial charge is 0.290 e. The largest absolute Gasteiger partial charge is 0.378 e. The van der Waals surface area contributed by atoms with E-state index < -0.39 is 0 Å². The zero-order chi connectivity index (χ0) is 18.8. The minimum Gasteiger partial charge on any atom is -0.378 e. The highest BCUT2D eigenvalue weighted by molar-refractivity contribution is 6.10. The molecule has 0 spiro atoms. The van der Waals surface area contributed by atoms with Crippen molar-refractivity contribution in [3.05, 3.63) is 66.2 Å². The van der Waals surface area contributed by atoms with Gasteiger partial charge in [0, 0.05) is 32.0 Å². The van der Waals surface area contributed by atoms with Gasteiger partial charge in [-0.25, -0.2) is 4.98 Å². The van der Waals surface area contributed by atoms with Crippen LogP contribution in [-0.4, -0.2) is 59.4 Å². The van der Waals surface area contributed by atoms with Gasteiger partial charge in [-0.3, -0.25) is 14.0 Å². The summed E-state index contributed by atoms with van der Waals surface area (Å²) < 4.78 is 7.00. The number of amides is 2. The molecule has 1 aliphatic rings. The van der Waals surface area contributed by atoms with Crippen molar-refractivity contribution < 1.29 is 14.3 Å². The fourth-order valence-electron chi connectivity index (χ4n) is 3.18. The van der Waals surface area contributed by atoms with Gasteiger partial charge in [-0.15, -0.1) is 0 Å². The molecule has 7 nitrogen and oxygen atoms in total. The van der Waals surface area contributed by atoms with Gasteiger partial charge < -0.3 is 14.5 Å². The molecule has 1 saturated heterocycles. The van der Waals surface area contributed by atoms with Crippen LogP contribution in [0.25, 0.3) is 5.52 Å². The van der Waals surface area contributed by atoms with Crippen molar-refractivity contribution in [1.29, 1.82) is 0 Å². The maximum atomic E-state index is 13.1. The van der Waals surface area contributed by atoms with Gasteiger partial charge in [-0.1, -0.05) is 24.3 Å². The van der Waals surface area contributed by atoms with Gasteiger partial charge in [0.15, 0.2) is 5.69 Å². The molecule has 7 heteroatoms. The molecule has 1 aromatic carbocycles. The van der Waals surface area contributed by atoms with Gasteiger partial charge in [0.05, 0.1) is 18.7 Å². The fraction of sp³-hybridized carbons (Fsp3) is 0.250. The molecule has 0 radical (unpaired) electrons. The van der Waals surface area contributed by atoms with Crippen LogP contribution in [0.1, 0.15) is 21.1 Å². The topological polar surface area (TPSA) is 67.2 Å². The minimum atomic E-state index is -0.258. The molecule has 0 atom stereocenters. The number of imidazole rings is 1. The van der Waals surface area contributed by atoms with Gasteiger partial charge in [0.25, 0.3) is 11.8 Å². The van der Waals surface area contributed by atoms with Crippen LogP contribution in [0, 0.1) is 0 Å². The predicted molar refractivity (Wildman–Crippen MR) is 101 cm³/mol. The summed E-state index contributed by atoms with van der Waals surface area (Å²) in [6, 6.07) is 14.8. The number of benzene rings is 1. The number of morpholine rings is 1. The molecule has 0 saturated carbocycles. The number of ether oxygens (including phenoxy) is 1. The first-order valence-electron chi connectivity index (χ1n) is 8.84. The summed E-state index contributed by atoms with van der Waals surface area (Å²) in [4.78, 5) is 33.7. The van der Waals surface area contributed by atoms with E-state index in [0.29, 0.717) is 31.8 Å². The molecule has 138 valence electrons. The molecule has 0 unspecified atom stereocenters. The van der Waals surface area contributed by atoms with Crippen molar-refractivity contribution in [3.8, 4) is 0 Å². The lowest BCUT2D eigenvalue weighted by atomic mass is 10.2. The highest BCUT2D eigenvalue weighted by Crippen LogP contribution is 2.20. The Morgan fingerprint density at radius 3 is 2.48 bits per heavy atom. The zero-order valence-electron chi connectivity index (χ0n) is 15.0. The summed E-state index contributed by atoms with van der Waals surface area (Å²) in [5.41, 5.74) is 1.64. The van der Waals surface area contributed by atoms with Crippen LogP contribution < -0.4 is 4.90 Å².